The van der Waals surface area contributed by atoms with Crippen molar-refractivity contribution >= 4 is 5.97 Å². The SMILES string of the molecule is C=C(C)CCCC(=C)C(=O)O. The highest BCUT2D eigenvalue weighted by molar-refractivity contribution is 5.85. The van der Waals surface area contributed by atoms with Gasteiger partial charge < -0.3 is 5.11 Å². The van der Waals surface area contributed by atoms with Gasteiger partial charge in [-0.3, -0.25) is 0 Å². The standard InChI is InChI=1S/C9H14O2/c1-7(2)5-4-6-8(3)9(10)11/h1,3-6H2,2H3,(H,10,11). The van der Waals surface area contributed by atoms with E-state index < -0.39 is 5.97 Å². The number of carboxylic acid groups (broad SMARTS) is 1. The maximum atomic E-state index is 10.3. The van der Waals surface area contributed by atoms with Crippen molar-refractivity contribution in [2.24, 2.45) is 0 Å². The normalized spacial score (nSPS) is 9.18. The molecule has 0 fully saturated rings. The number of hydrogen-bond donors (Lipinski definition) is 1. The zero-order valence-corrected chi connectivity index (χ0v) is 6.89. The molecular weight excluding hydrogens is 140 g/mol. The molecule has 2 heteroatoms. The highest BCUT2D eigenvalue weighted by Gasteiger charge is 2.02. The quantitative estimate of drug-likeness (QED) is 0.487. The van der Waals surface area contributed by atoms with Crippen LogP contribution >= 0.6 is 0 Å². The van der Waals surface area contributed by atoms with Gasteiger partial charge in [0.15, 0.2) is 0 Å². The Hall–Kier alpha value is -1.05. The summed E-state index contributed by atoms with van der Waals surface area (Å²) in [7, 11) is 0. The first-order valence-electron chi connectivity index (χ1n) is 3.59. The molecule has 0 unspecified atom stereocenters. The number of allylic oxidation sites excluding steroid dienone is 1. The minimum Gasteiger partial charge on any atom is -0.478 e. The second-order valence-electron chi connectivity index (χ2n) is 2.72. The summed E-state index contributed by atoms with van der Waals surface area (Å²) < 4.78 is 0. The second-order valence-corrected chi connectivity index (χ2v) is 2.72. The fourth-order valence-electron chi connectivity index (χ4n) is 0.710. The molecule has 0 aromatic heterocycles. The minimum atomic E-state index is -0.897. The highest BCUT2D eigenvalue weighted by Crippen LogP contribution is 2.08. The third kappa shape index (κ3) is 5.40. The second kappa shape index (κ2) is 4.72. The average Bonchev–Trinajstić information content (AvgIpc) is 1.86. The Morgan fingerprint density at radius 1 is 1.36 bits per heavy atom. The zero-order valence-electron chi connectivity index (χ0n) is 6.89. The predicted octanol–water partition coefficient (Wildman–Crippen LogP) is 2.37. The number of carbonyl (C=O) groups is 1. The summed E-state index contributed by atoms with van der Waals surface area (Å²) in [6.45, 7) is 9.08. The van der Waals surface area contributed by atoms with Crippen molar-refractivity contribution in [3.8, 4) is 0 Å². The summed E-state index contributed by atoms with van der Waals surface area (Å²) in [6.07, 6.45) is 2.27. The van der Waals surface area contributed by atoms with Gasteiger partial charge in [-0.1, -0.05) is 12.2 Å². The van der Waals surface area contributed by atoms with Crippen LogP contribution in [0.3, 0.4) is 0 Å². The molecular formula is C9H14O2. The van der Waals surface area contributed by atoms with Gasteiger partial charge in [-0.05, 0) is 26.2 Å². The lowest BCUT2D eigenvalue weighted by molar-refractivity contribution is -0.132. The maximum absolute atomic E-state index is 10.3. The van der Waals surface area contributed by atoms with Crippen LogP contribution in [-0.2, 0) is 4.79 Å². The Morgan fingerprint density at radius 3 is 2.27 bits per heavy atom. The van der Waals surface area contributed by atoms with E-state index >= 15 is 0 Å². The van der Waals surface area contributed by atoms with Crippen LogP contribution in [0.2, 0.25) is 0 Å². The monoisotopic (exact) mass is 154 g/mol. The molecule has 11 heavy (non-hydrogen) atoms. The van der Waals surface area contributed by atoms with Crippen molar-refractivity contribution < 1.29 is 9.90 Å². The van der Waals surface area contributed by atoms with Gasteiger partial charge in [0.2, 0.25) is 0 Å². The molecule has 0 amide bonds. The molecule has 0 heterocycles. The van der Waals surface area contributed by atoms with Crippen LogP contribution in [0.15, 0.2) is 24.3 Å². The number of rotatable bonds is 5. The Bertz CT molecular complexity index is 180. The molecule has 62 valence electrons. The van der Waals surface area contributed by atoms with Gasteiger partial charge in [-0.2, -0.15) is 0 Å². The van der Waals surface area contributed by atoms with Crippen LogP contribution in [0, 0.1) is 0 Å². The molecule has 0 atom stereocenters. The molecule has 0 bridgehead atoms. The molecule has 0 aliphatic heterocycles. The molecule has 0 spiro atoms. The van der Waals surface area contributed by atoms with Gasteiger partial charge in [0.1, 0.15) is 0 Å². The fraction of sp³-hybridized carbons (Fsp3) is 0.444. The van der Waals surface area contributed by atoms with Crippen molar-refractivity contribution in [2.75, 3.05) is 0 Å². The van der Waals surface area contributed by atoms with Gasteiger partial charge in [0.05, 0.1) is 0 Å². The van der Waals surface area contributed by atoms with Gasteiger partial charge in [-0.15, -0.1) is 6.58 Å². The first kappa shape index (κ1) is 9.95. The van der Waals surface area contributed by atoms with Crippen molar-refractivity contribution in [3.63, 3.8) is 0 Å². The van der Waals surface area contributed by atoms with E-state index in [-0.39, 0.29) is 5.57 Å². The summed E-state index contributed by atoms with van der Waals surface area (Å²) in [5, 5.41) is 8.43. The Balaban J connectivity index is 3.47. The largest absolute Gasteiger partial charge is 0.478 e. The van der Waals surface area contributed by atoms with Gasteiger partial charge in [0.25, 0.3) is 0 Å². The molecule has 0 aromatic rings. The van der Waals surface area contributed by atoms with E-state index in [4.69, 9.17) is 5.11 Å². The number of carboxylic acids is 1. The lowest BCUT2D eigenvalue weighted by Crippen LogP contribution is -1.98. The summed E-state index contributed by atoms with van der Waals surface area (Å²) in [6, 6.07) is 0. The summed E-state index contributed by atoms with van der Waals surface area (Å²) in [5.74, 6) is -0.897. The van der Waals surface area contributed by atoms with E-state index in [2.05, 4.69) is 13.2 Å². The van der Waals surface area contributed by atoms with E-state index in [1.54, 1.807) is 0 Å². The van der Waals surface area contributed by atoms with Crippen LogP contribution in [0.1, 0.15) is 26.2 Å². The van der Waals surface area contributed by atoms with Crippen molar-refractivity contribution in [3.05, 3.63) is 24.3 Å². The lowest BCUT2D eigenvalue weighted by atomic mass is 10.1. The Labute approximate surface area is 67.2 Å². The highest BCUT2D eigenvalue weighted by atomic mass is 16.4. The Morgan fingerprint density at radius 2 is 1.91 bits per heavy atom. The molecule has 1 N–H and O–H groups in total. The molecule has 0 aliphatic carbocycles. The van der Waals surface area contributed by atoms with Crippen LogP contribution in [0.25, 0.3) is 0 Å². The Kier molecular flexibility index (Phi) is 4.27. The fourth-order valence-corrected chi connectivity index (χ4v) is 0.710. The van der Waals surface area contributed by atoms with Crippen molar-refractivity contribution in [1.82, 2.24) is 0 Å². The molecule has 0 rings (SSSR count). The van der Waals surface area contributed by atoms with Crippen LogP contribution in [0.4, 0.5) is 0 Å². The number of hydrogen-bond acceptors (Lipinski definition) is 1. The van der Waals surface area contributed by atoms with E-state index in [0.29, 0.717) is 6.42 Å². The van der Waals surface area contributed by atoms with E-state index in [9.17, 15) is 4.79 Å². The summed E-state index contributed by atoms with van der Waals surface area (Å²) in [5.41, 5.74) is 1.37. The number of aliphatic carboxylic acids is 1. The molecule has 0 saturated heterocycles. The summed E-state index contributed by atoms with van der Waals surface area (Å²) >= 11 is 0. The van der Waals surface area contributed by atoms with Crippen LogP contribution < -0.4 is 0 Å². The van der Waals surface area contributed by atoms with E-state index in [1.807, 2.05) is 6.92 Å². The topological polar surface area (TPSA) is 37.3 Å². The maximum Gasteiger partial charge on any atom is 0.330 e. The first-order chi connectivity index (χ1) is 5.04. The van der Waals surface area contributed by atoms with Crippen molar-refractivity contribution in [1.29, 1.82) is 0 Å². The average molecular weight is 154 g/mol. The predicted molar refractivity (Wildman–Crippen MR) is 45.4 cm³/mol. The van der Waals surface area contributed by atoms with Gasteiger partial charge in [-0.25, -0.2) is 4.79 Å². The molecule has 0 aliphatic rings. The van der Waals surface area contributed by atoms with E-state index in [1.165, 1.54) is 0 Å². The lowest BCUT2D eigenvalue weighted by Gasteiger charge is -1.99. The van der Waals surface area contributed by atoms with Gasteiger partial charge in [0, 0.05) is 5.57 Å². The van der Waals surface area contributed by atoms with Crippen LogP contribution in [0.5, 0.6) is 0 Å². The van der Waals surface area contributed by atoms with E-state index in [0.717, 1.165) is 18.4 Å². The minimum absolute atomic E-state index is 0.284. The van der Waals surface area contributed by atoms with Gasteiger partial charge >= 0.3 is 5.97 Å². The van der Waals surface area contributed by atoms with Crippen LogP contribution in [-0.4, -0.2) is 11.1 Å². The molecule has 2 nitrogen and oxygen atoms in total. The molecule has 0 saturated carbocycles. The third-order valence-electron chi connectivity index (χ3n) is 1.38. The zero-order chi connectivity index (χ0) is 8.85. The smallest absolute Gasteiger partial charge is 0.330 e. The van der Waals surface area contributed by atoms with Crippen molar-refractivity contribution in [2.45, 2.75) is 26.2 Å². The molecule has 0 radical (unpaired) electrons. The third-order valence-corrected chi connectivity index (χ3v) is 1.38. The first-order valence-corrected chi connectivity index (χ1v) is 3.59. The summed E-state index contributed by atoms with van der Waals surface area (Å²) in [4.78, 5) is 10.3. The molecule has 0 aromatic carbocycles.